The maximum absolute atomic E-state index is 12.7. The molecule has 1 N–H and O–H groups in total. The van der Waals surface area contributed by atoms with Crippen LogP contribution in [0.3, 0.4) is 0 Å². The highest BCUT2D eigenvalue weighted by atomic mass is 16.5. The molecule has 1 aliphatic rings. The number of aliphatic hydroxyl groups is 1. The number of pyridine rings is 1. The number of carbonyl (C=O) groups excluding carboxylic acids is 1. The van der Waals surface area contributed by atoms with Crippen molar-refractivity contribution in [3.05, 3.63) is 23.5 Å². The molecule has 0 aromatic carbocycles. The fraction of sp³-hybridized carbons (Fsp3) is 0.533. The second-order valence-corrected chi connectivity index (χ2v) is 5.51. The third-order valence-corrected chi connectivity index (χ3v) is 4.09. The van der Waals surface area contributed by atoms with Crippen molar-refractivity contribution in [3.8, 4) is 0 Å². The molecule has 0 saturated carbocycles. The van der Waals surface area contributed by atoms with Gasteiger partial charge in [0.1, 0.15) is 0 Å². The van der Waals surface area contributed by atoms with Gasteiger partial charge in [-0.25, -0.2) is 4.98 Å². The number of aliphatic hydroxyl groups excluding tert-OH is 1. The molecule has 21 heavy (non-hydrogen) atoms. The minimum absolute atomic E-state index is 0.00504. The molecule has 1 atom stereocenters. The zero-order chi connectivity index (χ0) is 14.8. The van der Waals surface area contributed by atoms with E-state index in [1.165, 1.54) is 0 Å². The molecule has 1 fully saturated rings. The zero-order valence-corrected chi connectivity index (χ0v) is 12.1. The SMILES string of the molecule is Cc1noc2ncc(C(=O)N3CCCC3CCCO)cc12. The van der Waals surface area contributed by atoms with E-state index < -0.39 is 0 Å². The summed E-state index contributed by atoms with van der Waals surface area (Å²) in [4.78, 5) is 18.7. The molecule has 1 aliphatic heterocycles. The fourth-order valence-corrected chi connectivity index (χ4v) is 2.96. The van der Waals surface area contributed by atoms with E-state index in [-0.39, 0.29) is 18.6 Å². The summed E-state index contributed by atoms with van der Waals surface area (Å²) in [6, 6.07) is 2.03. The van der Waals surface area contributed by atoms with Crippen LogP contribution in [-0.4, -0.2) is 45.2 Å². The first kappa shape index (κ1) is 14.0. The molecule has 2 aromatic heterocycles. The molecule has 0 aliphatic carbocycles. The average molecular weight is 289 g/mol. The number of hydrogen-bond donors (Lipinski definition) is 1. The second kappa shape index (κ2) is 5.81. The molecular formula is C15H19N3O3. The van der Waals surface area contributed by atoms with Gasteiger partial charge in [0.15, 0.2) is 0 Å². The van der Waals surface area contributed by atoms with Gasteiger partial charge < -0.3 is 14.5 Å². The third-order valence-electron chi connectivity index (χ3n) is 4.09. The van der Waals surface area contributed by atoms with Gasteiger partial charge in [-0.3, -0.25) is 4.79 Å². The van der Waals surface area contributed by atoms with Gasteiger partial charge in [0.25, 0.3) is 11.6 Å². The van der Waals surface area contributed by atoms with Gasteiger partial charge in [-0.15, -0.1) is 0 Å². The van der Waals surface area contributed by atoms with Crippen LogP contribution < -0.4 is 0 Å². The lowest BCUT2D eigenvalue weighted by atomic mass is 10.1. The Hall–Kier alpha value is -1.95. The predicted octanol–water partition coefficient (Wildman–Crippen LogP) is 1.91. The molecule has 1 saturated heterocycles. The first-order valence-electron chi connectivity index (χ1n) is 7.34. The molecule has 1 unspecified atom stereocenters. The predicted molar refractivity (Wildman–Crippen MR) is 76.9 cm³/mol. The molecule has 1 amide bonds. The first-order valence-corrected chi connectivity index (χ1v) is 7.34. The van der Waals surface area contributed by atoms with Crippen molar-refractivity contribution in [1.82, 2.24) is 15.0 Å². The van der Waals surface area contributed by atoms with E-state index in [9.17, 15) is 4.79 Å². The smallest absolute Gasteiger partial charge is 0.257 e. The number of hydrogen-bond acceptors (Lipinski definition) is 5. The maximum Gasteiger partial charge on any atom is 0.257 e. The minimum atomic E-state index is 0.00504. The van der Waals surface area contributed by atoms with E-state index in [2.05, 4.69) is 10.1 Å². The Labute approximate surface area is 122 Å². The van der Waals surface area contributed by atoms with Crippen LogP contribution in [0.15, 0.2) is 16.8 Å². The highest BCUT2D eigenvalue weighted by molar-refractivity contribution is 5.97. The lowest BCUT2D eigenvalue weighted by molar-refractivity contribution is 0.0724. The maximum atomic E-state index is 12.7. The van der Waals surface area contributed by atoms with Gasteiger partial charge in [-0.1, -0.05) is 5.16 Å². The molecule has 0 bridgehead atoms. The molecule has 6 heteroatoms. The van der Waals surface area contributed by atoms with Gasteiger partial charge in [-0.05, 0) is 38.7 Å². The van der Waals surface area contributed by atoms with Crippen LogP contribution in [0.1, 0.15) is 41.7 Å². The van der Waals surface area contributed by atoms with E-state index in [0.717, 1.165) is 43.3 Å². The van der Waals surface area contributed by atoms with Gasteiger partial charge >= 0.3 is 0 Å². The summed E-state index contributed by atoms with van der Waals surface area (Å²) in [6.07, 6.45) is 5.16. The van der Waals surface area contributed by atoms with Crippen molar-refractivity contribution in [2.24, 2.45) is 0 Å². The van der Waals surface area contributed by atoms with Gasteiger partial charge in [-0.2, -0.15) is 0 Å². The van der Waals surface area contributed by atoms with Crippen molar-refractivity contribution in [1.29, 1.82) is 0 Å². The summed E-state index contributed by atoms with van der Waals surface area (Å²) in [6.45, 7) is 2.78. The van der Waals surface area contributed by atoms with Crippen molar-refractivity contribution in [3.63, 3.8) is 0 Å². The standard InChI is InChI=1S/C15H19N3O3/c1-10-13-8-11(9-16-14(13)21-17-10)15(20)18-6-2-4-12(18)5-3-7-19/h8-9,12,19H,2-7H2,1H3. The van der Waals surface area contributed by atoms with Gasteiger partial charge in [0.05, 0.1) is 16.6 Å². The molecule has 3 heterocycles. The number of likely N-dealkylation sites (tertiary alicyclic amines) is 1. The van der Waals surface area contributed by atoms with Gasteiger partial charge in [0.2, 0.25) is 0 Å². The summed E-state index contributed by atoms with van der Waals surface area (Å²) in [5.74, 6) is 0.00504. The lowest BCUT2D eigenvalue weighted by Gasteiger charge is -2.24. The van der Waals surface area contributed by atoms with Crippen LogP contribution in [0.2, 0.25) is 0 Å². The Morgan fingerprint density at radius 1 is 1.57 bits per heavy atom. The quantitative estimate of drug-likeness (QED) is 0.930. The van der Waals surface area contributed by atoms with Crippen molar-refractivity contribution >= 4 is 17.0 Å². The zero-order valence-electron chi connectivity index (χ0n) is 12.1. The highest BCUT2D eigenvalue weighted by Gasteiger charge is 2.29. The van der Waals surface area contributed by atoms with Crippen molar-refractivity contribution in [2.45, 2.75) is 38.6 Å². The van der Waals surface area contributed by atoms with Crippen LogP contribution in [-0.2, 0) is 0 Å². The Bertz CT molecular complexity index is 653. The van der Waals surface area contributed by atoms with E-state index in [0.29, 0.717) is 11.3 Å². The number of amides is 1. The monoisotopic (exact) mass is 289 g/mol. The summed E-state index contributed by atoms with van der Waals surface area (Å²) < 4.78 is 5.07. The van der Waals surface area contributed by atoms with E-state index in [1.54, 1.807) is 12.3 Å². The summed E-state index contributed by atoms with van der Waals surface area (Å²) in [7, 11) is 0. The first-order chi connectivity index (χ1) is 10.2. The Morgan fingerprint density at radius 3 is 3.24 bits per heavy atom. The van der Waals surface area contributed by atoms with E-state index in [1.807, 2.05) is 11.8 Å². The Balaban J connectivity index is 1.83. The number of nitrogens with zero attached hydrogens (tertiary/aromatic N) is 3. The largest absolute Gasteiger partial charge is 0.396 e. The topological polar surface area (TPSA) is 79.5 Å². The van der Waals surface area contributed by atoms with Crippen molar-refractivity contribution < 1.29 is 14.4 Å². The molecule has 2 aromatic rings. The number of fused-ring (bicyclic) bond motifs is 1. The van der Waals surface area contributed by atoms with E-state index in [4.69, 9.17) is 9.63 Å². The van der Waals surface area contributed by atoms with Crippen LogP contribution in [0.5, 0.6) is 0 Å². The lowest BCUT2D eigenvalue weighted by Crippen LogP contribution is -2.35. The molecule has 0 radical (unpaired) electrons. The van der Waals surface area contributed by atoms with Crippen LogP contribution >= 0.6 is 0 Å². The number of aryl methyl sites for hydroxylation is 1. The molecule has 6 nitrogen and oxygen atoms in total. The highest BCUT2D eigenvalue weighted by Crippen LogP contribution is 2.25. The molecule has 112 valence electrons. The average Bonchev–Trinajstić information content (AvgIpc) is 3.11. The molecule has 3 rings (SSSR count). The Kier molecular flexibility index (Phi) is 3.88. The van der Waals surface area contributed by atoms with Gasteiger partial charge in [0, 0.05) is 25.4 Å². The summed E-state index contributed by atoms with van der Waals surface area (Å²) in [5, 5.41) is 13.6. The molecule has 0 spiro atoms. The Morgan fingerprint density at radius 2 is 2.43 bits per heavy atom. The molecular weight excluding hydrogens is 270 g/mol. The number of aromatic nitrogens is 2. The second-order valence-electron chi connectivity index (χ2n) is 5.51. The fourth-order valence-electron chi connectivity index (χ4n) is 2.96. The van der Waals surface area contributed by atoms with Crippen molar-refractivity contribution in [2.75, 3.05) is 13.2 Å². The third kappa shape index (κ3) is 2.63. The summed E-state index contributed by atoms with van der Waals surface area (Å²) in [5.41, 5.74) is 1.78. The van der Waals surface area contributed by atoms with E-state index >= 15 is 0 Å². The number of rotatable bonds is 4. The van der Waals surface area contributed by atoms with Crippen LogP contribution in [0.25, 0.3) is 11.1 Å². The van der Waals surface area contributed by atoms with Crippen LogP contribution in [0.4, 0.5) is 0 Å². The normalized spacial score (nSPS) is 18.6. The minimum Gasteiger partial charge on any atom is -0.396 e. The summed E-state index contributed by atoms with van der Waals surface area (Å²) >= 11 is 0. The number of carbonyl (C=O) groups is 1. The van der Waals surface area contributed by atoms with Crippen LogP contribution in [0, 0.1) is 6.92 Å².